The number of nitrogens with one attached hydrogen (secondary N) is 1. The fourth-order valence-corrected chi connectivity index (χ4v) is 4.55. The molecule has 1 aromatic carbocycles. The first kappa shape index (κ1) is 17.6. The normalized spacial score (nSPS) is 21.1. The van der Waals surface area contributed by atoms with E-state index in [4.69, 9.17) is 0 Å². The van der Waals surface area contributed by atoms with E-state index in [0.29, 0.717) is 17.7 Å². The van der Waals surface area contributed by atoms with E-state index in [1.807, 2.05) is 6.07 Å². The van der Waals surface area contributed by atoms with Crippen LogP contribution < -0.4 is 10.2 Å². The number of aromatic hydroxyl groups is 1. The Labute approximate surface area is 146 Å². The van der Waals surface area contributed by atoms with Gasteiger partial charge in [0.15, 0.2) is 0 Å². The summed E-state index contributed by atoms with van der Waals surface area (Å²) in [7, 11) is 0. The van der Waals surface area contributed by atoms with Crippen molar-refractivity contribution < 1.29 is 5.11 Å². The molecule has 3 rings (SSSR count). The molecule has 1 heterocycles. The third-order valence-electron chi connectivity index (χ3n) is 5.85. The number of piperazine rings is 1. The van der Waals surface area contributed by atoms with Gasteiger partial charge in [-0.15, -0.1) is 0 Å². The maximum absolute atomic E-state index is 10.8. The van der Waals surface area contributed by atoms with Crippen molar-refractivity contribution in [3.05, 3.63) is 23.8 Å². The van der Waals surface area contributed by atoms with E-state index in [-0.39, 0.29) is 0 Å². The van der Waals surface area contributed by atoms with Crippen LogP contribution in [0.15, 0.2) is 18.2 Å². The van der Waals surface area contributed by atoms with Gasteiger partial charge >= 0.3 is 0 Å². The first-order valence-electron chi connectivity index (χ1n) is 9.77. The molecule has 1 saturated carbocycles. The van der Waals surface area contributed by atoms with E-state index in [0.717, 1.165) is 50.5 Å². The highest BCUT2D eigenvalue weighted by Gasteiger charge is 2.33. The molecule has 0 unspecified atom stereocenters. The molecule has 1 aliphatic heterocycles. The third kappa shape index (κ3) is 3.70. The summed E-state index contributed by atoms with van der Waals surface area (Å²) in [5.74, 6) is 1.17. The van der Waals surface area contributed by atoms with Crippen molar-refractivity contribution in [2.75, 3.05) is 44.2 Å². The zero-order valence-corrected chi connectivity index (χ0v) is 15.3. The Morgan fingerprint density at radius 3 is 2.42 bits per heavy atom. The highest BCUT2D eigenvalue weighted by Crippen LogP contribution is 2.43. The lowest BCUT2D eigenvalue weighted by Gasteiger charge is -2.39. The smallest absolute Gasteiger partial charge is 0.122 e. The molecule has 0 bridgehead atoms. The van der Waals surface area contributed by atoms with Crippen molar-refractivity contribution in [2.45, 2.75) is 45.6 Å². The molecule has 0 spiro atoms. The standard InChI is InChI=1S/C20H33N3O/c1-3-22(4-2)17-9-10-18(19(24)15-17)20(16-7-5-6-8-16)23-13-11-21-12-14-23/h9-10,15-16,20-21,24H,3-8,11-14H2,1-2H3/t20-/m1/s1. The van der Waals surface area contributed by atoms with Gasteiger partial charge in [-0.3, -0.25) is 4.90 Å². The highest BCUT2D eigenvalue weighted by molar-refractivity contribution is 5.54. The number of benzene rings is 1. The molecule has 0 aromatic heterocycles. The maximum Gasteiger partial charge on any atom is 0.122 e. The molecule has 1 atom stereocenters. The molecule has 1 saturated heterocycles. The van der Waals surface area contributed by atoms with Crippen molar-refractivity contribution in [3.8, 4) is 5.75 Å². The largest absolute Gasteiger partial charge is 0.508 e. The Kier molecular flexibility index (Phi) is 6.01. The lowest BCUT2D eigenvalue weighted by molar-refractivity contribution is 0.123. The van der Waals surface area contributed by atoms with Gasteiger partial charge in [-0.25, -0.2) is 0 Å². The van der Waals surface area contributed by atoms with Gasteiger partial charge in [-0.2, -0.15) is 0 Å². The zero-order valence-electron chi connectivity index (χ0n) is 15.3. The molecule has 0 radical (unpaired) electrons. The van der Waals surface area contributed by atoms with Crippen LogP contribution in [0.2, 0.25) is 0 Å². The van der Waals surface area contributed by atoms with Gasteiger partial charge in [0.05, 0.1) is 0 Å². The average Bonchev–Trinajstić information content (AvgIpc) is 3.13. The predicted octanol–water partition coefficient (Wildman–Crippen LogP) is 3.37. The van der Waals surface area contributed by atoms with Crippen LogP contribution in [0.25, 0.3) is 0 Å². The van der Waals surface area contributed by atoms with Crippen molar-refractivity contribution in [1.82, 2.24) is 10.2 Å². The molecule has 2 fully saturated rings. The van der Waals surface area contributed by atoms with E-state index >= 15 is 0 Å². The van der Waals surface area contributed by atoms with Crippen LogP contribution in [0.5, 0.6) is 5.75 Å². The quantitative estimate of drug-likeness (QED) is 0.838. The van der Waals surface area contributed by atoms with Crippen molar-refractivity contribution in [3.63, 3.8) is 0 Å². The van der Waals surface area contributed by atoms with E-state index in [9.17, 15) is 5.11 Å². The lowest BCUT2D eigenvalue weighted by Crippen LogP contribution is -2.46. The molecule has 2 N–H and O–H groups in total. The van der Waals surface area contributed by atoms with Crippen molar-refractivity contribution in [1.29, 1.82) is 0 Å². The minimum Gasteiger partial charge on any atom is -0.508 e. The summed E-state index contributed by atoms with van der Waals surface area (Å²) in [5, 5.41) is 14.3. The summed E-state index contributed by atoms with van der Waals surface area (Å²) in [5.41, 5.74) is 2.27. The third-order valence-corrected chi connectivity index (χ3v) is 5.85. The number of hydrogen-bond donors (Lipinski definition) is 2. The molecule has 134 valence electrons. The van der Waals surface area contributed by atoms with Gasteiger partial charge in [0.2, 0.25) is 0 Å². The summed E-state index contributed by atoms with van der Waals surface area (Å²) in [6, 6.07) is 6.74. The second kappa shape index (κ2) is 8.21. The molecule has 0 amide bonds. The Morgan fingerprint density at radius 1 is 1.17 bits per heavy atom. The maximum atomic E-state index is 10.8. The van der Waals surface area contributed by atoms with Gasteiger partial charge in [0.1, 0.15) is 5.75 Å². The van der Waals surface area contributed by atoms with Gasteiger partial charge < -0.3 is 15.3 Å². The summed E-state index contributed by atoms with van der Waals surface area (Å²) in [6.45, 7) is 10.5. The van der Waals surface area contributed by atoms with E-state index in [1.54, 1.807) is 0 Å². The average molecular weight is 332 g/mol. The number of phenolic OH excluding ortho intramolecular Hbond substituents is 1. The van der Waals surface area contributed by atoms with Gasteiger partial charge in [-0.1, -0.05) is 18.9 Å². The summed E-state index contributed by atoms with van der Waals surface area (Å²) < 4.78 is 0. The fourth-order valence-electron chi connectivity index (χ4n) is 4.55. The molecule has 1 aliphatic carbocycles. The topological polar surface area (TPSA) is 38.7 Å². The lowest BCUT2D eigenvalue weighted by atomic mass is 9.89. The zero-order chi connectivity index (χ0) is 16.9. The molecule has 4 nitrogen and oxygen atoms in total. The summed E-state index contributed by atoms with van der Waals surface area (Å²) in [4.78, 5) is 4.89. The highest BCUT2D eigenvalue weighted by atomic mass is 16.3. The summed E-state index contributed by atoms with van der Waals surface area (Å²) >= 11 is 0. The first-order chi connectivity index (χ1) is 11.7. The number of anilines is 1. The SMILES string of the molecule is CCN(CC)c1ccc([C@@H](C2CCCC2)N2CCNCC2)c(O)c1. The van der Waals surface area contributed by atoms with Crippen molar-refractivity contribution >= 4 is 5.69 Å². The Morgan fingerprint density at radius 2 is 1.83 bits per heavy atom. The van der Waals surface area contributed by atoms with Gasteiger partial charge in [-0.05, 0) is 38.7 Å². The summed E-state index contributed by atoms with van der Waals surface area (Å²) in [6.07, 6.45) is 5.27. The van der Waals surface area contributed by atoms with Crippen LogP contribution >= 0.6 is 0 Å². The van der Waals surface area contributed by atoms with Crippen LogP contribution in [0.4, 0.5) is 5.69 Å². The Hall–Kier alpha value is -1.26. The van der Waals surface area contributed by atoms with E-state index in [1.165, 1.54) is 25.7 Å². The molecule has 4 heteroatoms. The molecule has 1 aromatic rings. The first-order valence-corrected chi connectivity index (χ1v) is 9.77. The van der Waals surface area contributed by atoms with E-state index in [2.05, 4.69) is 41.1 Å². The minimum atomic E-state index is 0.375. The molecule has 24 heavy (non-hydrogen) atoms. The fraction of sp³-hybridized carbons (Fsp3) is 0.700. The Bertz CT molecular complexity index is 518. The van der Waals surface area contributed by atoms with Gasteiger partial charge in [0.25, 0.3) is 0 Å². The van der Waals surface area contributed by atoms with Crippen LogP contribution in [-0.4, -0.2) is 49.3 Å². The van der Waals surface area contributed by atoms with Crippen molar-refractivity contribution in [2.24, 2.45) is 5.92 Å². The van der Waals surface area contributed by atoms with Crippen LogP contribution in [-0.2, 0) is 0 Å². The van der Waals surface area contributed by atoms with Crippen LogP contribution in [0.1, 0.15) is 51.1 Å². The number of nitrogens with zero attached hydrogens (tertiary/aromatic N) is 2. The second-order valence-electron chi connectivity index (χ2n) is 7.19. The number of rotatable bonds is 6. The predicted molar refractivity (Wildman–Crippen MR) is 101 cm³/mol. The molecule has 2 aliphatic rings. The second-order valence-corrected chi connectivity index (χ2v) is 7.19. The van der Waals surface area contributed by atoms with E-state index < -0.39 is 0 Å². The monoisotopic (exact) mass is 331 g/mol. The Balaban J connectivity index is 1.88. The number of hydrogen-bond acceptors (Lipinski definition) is 4. The van der Waals surface area contributed by atoms with Crippen LogP contribution in [0, 0.1) is 5.92 Å². The minimum absolute atomic E-state index is 0.375. The number of phenols is 1. The van der Waals surface area contributed by atoms with Gasteiger partial charge in [0, 0.05) is 62.6 Å². The molecular formula is C20H33N3O. The molecular weight excluding hydrogens is 298 g/mol. The van der Waals surface area contributed by atoms with Crippen LogP contribution in [0.3, 0.4) is 0 Å².